The molecule has 0 saturated heterocycles. The summed E-state index contributed by atoms with van der Waals surface area (Å²) in [7, 11) is 0. The van der Waals surface area contributed by atoms with Gasteiger partial charge in [-0.1, -0.05) is 85.6 Å². The zero-order valence-corrected chi connectivity index (χ0v) is 23.6. The van der Waals surface area contributed by atoms with Crippen molar-refractivity contribution in [2.45, 2.75) is 45.3 Å². The van der Waals surface area contributed by atoms with Gasteiger partial charge < -0.3 is 20.7 Å². The fraction of sp³-hybridized carbons (Fsp3) is 0.250. The van der Waals surface area contributed by atoms with Gasteiger partial charge in [0.15, 0.2) is 0 Å². The van der Waals surface area contributed by atoms with Crippen molar-refractivity contribution in [3.63, 3.8) is 0 Å². The van der Waals surface area contributed by atoms with E-state index in [0.29, 0.717) is 28.2 Å². The molecular formula is C32H33ClN4O4. The molecule has 1 heterocycles. The van der Waals surface area contributed by atoms with Crippen LogP contribution in [0.2, 0.25) is 5.02 Å². The first-order valence-corrected chi connectivity index (χ1v) is 14.0. The van der Waals surface area contributed by atoms with Crippen LogP contribution in [0.4, 0.5) is 10.5 Å². The monoisotopic (exact) mass is 572 g/mol. The lowest BCUT2D eigenvalue weighted by molar-refractivity contribution is -0.118. The Morgan fingerprint density at radius 3 is 2.44 bits per heavy atom. The third kappa shape index (κ3) is 8.53. The number of alkyl carbamates (subject to hydrolysis) is 1. The number of amides is 3. The summed E-state index contributed by atoms with van der Waals surface area (Å²) in [5, 5.41) is 9.94. The lowest BCUT2D eigenvalue weighted by Gasteiger charge is -2.20. The molecule has 3 amide bonds. The van der Waals surface area contributed by atoms with Gasteiger partial charge in [-0.3, -0.25) is 9.59 Å². The van der Waals surface area contributed by atoms with Crippen molar-refractivity contribution in [2.75, 3.05) is 11.9 Å². The van der Waals surface area contributed by atoms with Gasteiger partial charge in [-0.2, -0.15) is 0 Å². The zero-order valence-electron chi connectivity index (χ0n) is 22.9. The van der Waals surface area contributed by atoms with Crippen molar-refractivity contribution in [1.29, 1.82) is 0 Å². The van der Waals surface area contributed by atoms with Crippen LogP contribution in [-0.2, 0) is 22.6 Å². The van der Waals surface area contributed by atoms with Gasteiger partial charge in [0.1, 0.15) is 18.3 Å². The summed E-state index contributed by atoms with van der Waals surface area (Å²) in [6, 6.07) is 24.9. The molecule has 0 aliphatic heterocycles. The molecule has 4 aromatic rings. The number of aromatic nitrogens is 1. The molecule has 0 fully saturated rings. The molecule has 1 atom stereocenters. The fourth-order valence-corrected chi connectivity index (χ4v) is 4.54. The number of nitrogens with zero attached hydrogens (tertiary/aromatic N) is 1. The average molecular weight is 573 g/mol. The first-order valence-electron chi connectivity index (χ1n) is 13.6. The molecule has 0 unspecified atom stereocenters. The lowest BCUT2D eigenvalue weighted by atomic mass is 10.1. The normalized spacial score (nSPS) is 11.5. The number of benzene rings is 3. The Balaban J connectivity index is 1.39. The Kier molecular flexibility index (Phi) is 10.7. The number of carbonyl (C=O) groups is 3. The maximum absolute atomic E-state index is 13.4. The van der Waals surface area contributed by atoms with Crippen molar-refractivity contribution < 1.29 is 19.1 Å². The summed E-state index contributed by atoms with van der Waals surface area (Å²) in [5.74, 6) is -0.797. The molecule has 8 nitrogen and oxygen atoms in total. The number of anilines is 1. The number of fused-ring (bicyclic) bond motifs is 1. The molecule has 9 heteroatoms. The zero-order chi connectivity index (χ0) is 29.0. The largest absolute Gasteiger partial charge is 0.445 e. The van der Waals surface area contributed by atoms with Crippen LogP contribution in [0.15, 0.2) is 84.9 Å². The van der Waals surface area contributed by atoms with Gasteiger partial charge in [-0.25, -0.2) is 9.78 Å². The van der Waals surface area contributed by atoms with Gasteiger partial charge in [0, 0.05) is 28.2 Å². The highest BCUT2D eigenvalue weighted by Gasteiger charge is 2.23. The van der Waals surface area contributed by atoms with Crippen molar-refractivity contribution in [3.8, 4) is 0 Å². The number of nitrogens with one attached hydrogen (secondary N) is 3. The molecule has 1 aromatic heterocycles. The summed E-state index contributed by atoms with van der Waals surface area (Å²) in [4.78, 5) is 43.2. The highest BCUT2D eigenvalue weighted by molar-refractivity contribution is 6.31. The quantitative estimate of drug-likeness (QED) is 0.173. The predicted octanol–water partition coefficient (Wildman–Crippen LogP) is 6.28. The molecule has 0 spiro atoms. The molecule has 212 valence electrons. The third-order valence-electron chi connectivity index (χ3n) is 6.50. The number of rotatable bonds is 12. The van der Waals surface area contributed by atoms with E-state index in [1.807, 2.05) is 60.7 Å². The highest BCUT2D eigenvalue weighted by atomic mass is 35.5. The molecule has 3 N–H and O–H groups in total. The number of hydrogen-bond acceptors (Lipinski definition) is 5. The molecule has 0 aliphatic rings. The maximum atomic E-state index is 13.4. The summed E-state index contributed by atoms with van der Waals surface area (Å²) in [6.45, 7) is 2.37. The van der Waals surface area contributed by atoms with E-state index in [9.17, 15) is 14.4 Å². The van der Waals surface area contributed by atoms with E-state index < -0.39 is 18.0 Å². The van der Waals surface area contributed by atoms with E-state index in [1.54, 1.807) is 24.3 Å². The second-order valence-electron chi connectivity index (χ2n) is 9.55. The van der Waals surface area contributed by atoms with Crippen molar-refractivity contribution in [2.24, 2.45) is 0 Å². The molecular weight excluding hydrogens is 540 g/mol. The number of hydrogen-bond donors (Lipinski definition) is 3. The number of para-hydroxylation sites is 2. The van der Waals surface area contributed by atoms with Gasteiger partial charge in [-0.05, 0) is 49.1 Å². The van der Waals surface area contributed by atoms with E-state index in [0.717, 1.165) is 23.8 Å². The van der Waals surface area contributed by atoms with E-state index >= 15 is 0 Å². The SMILES string of the molecule is CCCc1ccccc1NC(=O)[C@H](CCCNC(=O)OCc1ccccc1Cl)NC(=O)c1ccc2ccccc2n1. The molecule has 4 rings (SSSR count). The molecule has 0 saturated carbocycles. The second kappa shape index (κ2) is 14.8. The molecule has 0 radical (unpaired) electrons. The number of aryl methyl sites for hydroxylation is 1. The molecule has 41 heavy (non-hydrogen) atoms. The van der Waals surface area contributed by atoms with Crippen molar-refractivity contribution >= 4 is 46.1 Å². The Morgan fingerprint density at radius 2 is 1.63 bits per heavy atom. The minimum absolute atomic E-state index is 0.0442. The first kappa shape index (κ1) is 29.6. The van der Waals surface area contributed by atoms with Gasteiger partial charge >= 0.3 is 6.09 Å². The van der Waals surface area contributed by atoms with Gasteiger partial charge in [0.05, 0.1) is 5.52 Å². The van der Waals surface area contributed by atoms with Crippen molar-refractivity contribution in [1.82, 2.24) is 15.6 Å². The Bertz CT molecular complexity index is 1510. The maximum Gasteiger partial charge on any atom is 0.407 e. The topological polar surface area (TPSA) is 109 Å². The number of carbonyl (C=O) groups excluding carboxylic acids is 3. The summed E-state index contributed by atoms with van der Waals surface area (Å²) >= 11 is 6.11. The molecule has 3 aromatic carbocycles. The van der Waals surface area contributed by atoms with Crippen LogP contribution in [0.3, 0.4) is 0 Å². The van der Waals surface area contributed by atoms with Crippen LogP contribution in [0.5, 0.6) is 0 Å². The van der Waals surface area contributed by atoms with Gasteiger partial charge in [0.2, 0.25) is 5.91 Å². The van der Waals surface area contributed by atoms with Crippen LogP contribution in [-0.4, -0.2) is 35.5 Å². The van der Waals surface area contributed by atoms with E-state index in [4.69, 9.17) is 16.3 Å². The van der Waals surface area contributed by atoms with E-state index in [-0.39, 0.29) is 31.2 Å². The number of pyridine rings is 1. The summed E-state index contributed by atoms with van der Waals surface area (Å²) in [5.41, 5.74) is 3.34. The Morgan fingerprint density at radius 1 is 0.902 bits per heavy atom. The van der Waals surface area contributed by atoms with Crippen LogP contribution < -0.4 is 16.0 Å². The predicted molar refractivity (Wildman–Crippen MR) is 161 cm³/mol. The second-order valence-corrected chi connectivity index (χ2v) is 9.96. The molecule has 0 aliphatic carbocycles. The average Bonchev–Trinajstić information content (AvgIpc) is 2.99. The minimum Gasteiger partial charge on any atom is -0.445 e. The summed E-state index contributed by atoms with van der Waals surface area (Å²) < 4.78 is 5.24. The van der Waals surface area contributed by atoms with Crippen LogP contribution >= 0.6 is 11.6 Å². The Labute approximate surface area is 244 Å². The highest BCUT2D eigenvalue weighted by Crippen LogP contribution is 2.18. The van der Waals surface area contributed by atoms with Crippen LogP contribution in [0, 0.1) is 0 Å². The smallest absolute Gasteiger partial charge is 0.407 e. The number of halogens is 1. The first-order chi connectivity index (χ1) is 19.9. The third-order valence-corrected chi connectivity index (χ3v) is 6.87. The van der Waals surface area contributed by atoms with E-state index in [1.165, 1.54) is 0 Å². The van der Waals surface area contributed by atoms with Crippen LogP contribution in [0.25, 0.3) is 10.9 Å². The summed E-state index contributed by atoms with van der Waals surface area (Å²) in [6.07, 6.45) is 1.85. The lowest BCUT2D eigenvalue weighted by Crippen LogP contribution is -2.44. The Hall–Kier alpha value is -4.43. The van der Waals surface area contributed by atoms with Gasteiger partial charge in [0.25, 0.3) is 5.91 Å². The van der Waals surface area contributed by atoms with Gasteiger partial charge in [-0.15, -0.1) is 0 Å². The van der Waals surface area contributed by atoms with E-state index in [2.05, 4.69) is 27.9 Å². The molecule has 0 bridgehead atoms. The number of ether oxygens (including phenoxy) is 1. The standard InChI is InChI=1S/C32H33ClN4O4/c1-2-10-22-11-4-8-16-27(22)36-30(38)28(37-31(39)29-19-18-23-12-5-7-15-26(23)35-29)17-9-20-34-32(40)41-21-24-13-3-6-14-25(24)33/h3-8,11-16,18-19,28H,2,9-10,17,20-21H2,1H3,(H,34,40)(H,36,38)(H,37,39)/t28-/m0/s1. The van der Waals surface area contributed by atoms with Crippen LogP contribution in [0.1, 0.15) is 47.8 Å². The minimum atomic E-state index is -0.855. The van der Waals surface area contributed by atoms with Crippen molar-refractivity contribution in [3.05, 3.63) is 107 Å². The fourth-order valence-electron chi connectivity index (χ4n) is 4.35.